The number of hydrogen-bond donors (Lipinski definition) is 1. The van der Waals surface area contributed by atoms with Gasteiger partial charge in [0.1, 0.15) is 0 Å². The molecular weight excluding hydrogens is 248 g/mol. The molecule has 0 amide bonds. The predicted molar refractivity (Wildman–Crippen MR) is 82.8 cm³/mol. The summed E-state index contributed by atoms with van der Waals surface area (Å²) < 4.78 is 0. The standard InChI is InChI=1S/C17H22N2O/c1-2-13(8-10-18)6-7-17(20)15-5-3-4-14-9-11-19-12-16(14)15/h3-5,9,11-13H,2,6-8,10,18H2,1H3. The van der Waals surface area contributed by atoms with Crippen molar-refractivity contribution in [3.63, 3.8) is 0 Å². The molecule has 0 aliphatic carbocycles. The summed E-state index contributed by atoms with van der Waals surface area (Å²) in [6.45, 7) is 2.86. The largest absolute Gasteiger partial charge is 0.330 e. The van der Waals surface area contributed by atoms with Crippen molar-refractivity contribution in [2.75, 3.05) is 6.54 Å². The van der Waals surface area contributed by atoms with Gasteiger partial charge >= 0.3 is 0 Å². The number of Topliss-reactive ketones (excluding diaryl/α,β-unsaturated/α-hetero) is 1. The first-order chi connectivity index (χ1) is 9.76. The zero-order valence-electron chi connectivity index (χ0n) is 12.0. The van der Waals surface area contributed by atoms with Crippen LogP contribution in [0.15, 0.2) is 36.7 Å². The van der Waals surface area contributed by atoms with Crippen LogP contribution in [-0.4, -0.2) is 17.3 Å². The fraction of sp³-hybridized carbons (Fsp3) is 0.412. The number of aromatic nitrogens is 1. The molecule has 1 atom stereocenters. The van der Waals surface area contributed by atoms with Crippen LogP contribution in [-0.2, 0) is 0 Å². The van der Waals surface area contributed by atoms with Crippen LogP contribution in [0.3, 0.4) is 0 Å². The van der Waals surface area contributed by atoms with Gasteiger partial charge in [-0.15, -0.1) is 0 Å². The number of nitrogens with two attached hydrogens (primary N) is 1. The SMILES string of the molecule is CCC(CCN)CCC(=O)c1cccc2ccncc12. The van der Waals surface area contributed by atoms with Gasteiger partial charge in [-0.05, 0) is 36.8 Å². The third-order valence-electron chi connectivity index (χ3n) is 3.92. The van der Waals surface area contributed by atoms with Crippen LogP contribution in [0.5, 0.6) is 0 Å². The van der Waals surface area contributed by atoms with Gasteiger partial charge in [0.05, 0.1) is 0 Å². The maximum atomic E-state index is 12.4. The summed E-state index contributed by atoms with van der Waals surface area (Å²) in [6, 6.07) is 7.79. The molecule has 106 valence electrons. The number of rotatable bonds is 7. The maximum absolute atomic E-state index is 12.4. The number of hydrogen-bond acceptors (Lipinski definition) is 3. The molecule has 0 spiro atoms. The molecule has 1 aromatic heterocycles. The van der Waals surface area contributed by atoms with Crippen LogP contribution < -0.4 is 5.73 Å². The van der Waals surface area contributed by atoms with Crippen LogP contribution in [0, 0.1) is 5.92 Å². The first-order valence-corrected chi connectivity index (χ1v) is 7.32. The van der Waals surface area contributed by atoms with Gasteiger partial charge in [-0.1, -0.05) is 31.5 Å². The van der Waals surface area contributed by atoms with Crippen molar-refractivity contribution in [3.05, 3.63) is 42.2 Å². The minimum atomic E-state index is 0.207. The van der Waals surface area contributed by atoms with E-state index in [1.54, 1.807) is 12.4 Å². The van der Waals surface area contributed by atoms with Gasteiger partial charge in [0.2, 0.25) is 0 Å². The number of fused-ring (bicyclic) bond motifs is 1. The van der Waals surface area contributed by atoms with Gasteiger partial charge in [0.25, 0.3) is 0 Å². The smallest absolute Gasteiger partial charge is 0.163 e. The Bertz CT molecular complexity index is 575. The number of pyridine rings is 1. The van der Waals surface area contributed by atoms with Gasteiger partial charge in [-0.3, -0.25) is 9.78 Å². The normalized spacial score (nSPS) is 12.5. The Labute approximate surface area is 120 Å². The van der Waals surface area contributed by atoms with Crippen molar-refractivity contribution < 1.29 is 4.79 Å². The first kappa shape index (κ1) is 14.7. The monoisotopic (exact) mass is 270 g/mol. The zero-order chi connectivity index (χ0) is 14.4. The van der Waals surface area contributed by atoms with E-state index in [1.165, 1.54) is 0 Å². The summed E-state index contributed by atoms with van der Waals surface area (Å²) >= 11 is 0. The van der Waals surface area contributed by atoms with Gasteiger partial charge in [-0.2, -0.15) is 0 Å². The Hall–Kier alpha value is -1.74. The number of ketones is 1. The third-order valence-corrected chi connectivity index (χ3v) is 3.92. The predicted octanol–water partition coefficient (Wildman–Crippen LogP) is 3.57. The van der Waals surface area contributed by atoms with Crippen molar-refractivity contribution in [1.29, 1.82) is 0 Å². The highest BCUT2D eigenvalue weighted by atomic mass is 16.1. The van der Waals surface area contributed by atoms with E-state index in [1.807, 2.05) is 24.3 Å². The van der Waals surface area contributed by atoms with E-state index in [4.69, 9.17) is 5.73 Å². The molecule has 3 nitrogen and oxygen atoms in total. The lowest BCUT2D eigenvalue weighted by atomic mass is 9.93. The van der Waals surface area contributed by atoms with Crippen molar-refractivity contribution in [1.82, 2.24) is 4.98 Å². The molecule has 0 aliphatic heterocycles. The summed E-state index contributed by atoms with van der Waals surface area (Å²) in [5, 5.41) is 2.02. The molecule has 3 heteroatoms. The molecule has 1 heterocycles. The number of carbonyl (C=O) groups excluding carboxylic acids is 1. The van der Waals surface area contributed by atoms with Crippen molar-refractivity contribution in [2.45, 2.75) is 32.6 Å². The van der Waals surface area contributed by atoms with Gasteiger partial charge in [0, 0.05) is 29.8 Å². The minimum Gasteiger partial charge on any atom is -0.330 e. The topological polar surface area (TPSA) is 56.0 Å². The van der Waals surface area contributed by atoms with Crippen LogP contribution in [0.25, 0.3) is 10.8 Å². The lowest BCUT2D eigenvalue weighted by Crippen LogP contribution is -2.10. The second kappa shape index (κ2) is 7.15. The maximum Gasteiger partial charge on any atom is 0.163 e. The molecule has 2 aromatic rings. The fourth-order valence-electron chi connectivity index (χ4n) is 2.61. The van der Waals surface area contributed by atoms with Gasteiger partial charge in [-0.25, -0.2) is 0 Å². The van der Waals surface area contributed by atoms with Crippen molar-refractivity contribution in [2.24, 2.45) is 11.7 Å². The molecule has 0 radical (unpaired) electrons. The van der Waals surface area contributed by atoms with Crippen LogP contribution in [0.4, 0.5) is 0 Å². The first-order valence-electron chi connectivity index (χ1n) is 7.32. The second-order valence-electron chi connectivity index (χ2n) is 5.22. The summed E-state index contributed by atoms with van der Waals surface area (Å²) in [5.74, 6) is 0.760. The van der Waals surface area contributed by atoms with Crippen LogP contribution in [0.2, 0.25) is 0 Å². The molecular formula is C17H22N2O. The second-order valence-corrected chi connectivity index (χ2v) is 5.22. The van der Waals surface area contributed by atoms with Crippen LogP contribution >= 0.6 is 0 Å². The van der Waals surface area contributed by atoms with Crippen molar-refractivity contribution in [3.8, 4) is 0 Å². The molecule has 1 unspecified atom stereocenters. The number of carbonyl (C=O) groups is 1. The molecule has 0 fully saturated rings. The molecule has 2 N–H and O–H groups in total. The minimum absolute atomic E-state index is 0.207. The Morgan fingerprint density at radius 1 is 1.30 bits per heavy atom. The van der Waals surface area contributed by atoms with Gasteiger partial charge < -0.3 is 5.73 Å². The highest BCUT2D eigenvalue weighted by molar-refractivity contribution is 6.07. The van der Waals surface area contributed by atoms with Crippen molar-refractivity contribution >= 4 is 16.6 Å². The molecule has 2 rings (SSSR count). The molecule has 0 saturated heterocycles. The number of nitrogens with zero attached hydrogens (tertiary/aromatic N) is 1. The lowest BCUT2D eigenvalue weighted by molar-refractivity contribution is 0.0974. The highest BCUT2D eigenvalue weighted by Crippen LogP contribution is 2.21. The average molecular weight is 270 g/mol. The Morgan fingerprint density at radius 2 is 2.15 bits per heavy atom. The van der Waals surface area contributed by atoms with E-state index in [9.17, 15) is 4.79 Å². The van der Waals surface area contributed by atoms with E-state index in [0.29, 0.717) is 18.9 Å². The van der Waals surface area contributed by atoms with E-state index < -0.39 is 0 Å². The summed E-state index contributed by atoms with van der Waals surface area (Å²) in [5.41, 5.74) is 6.39. The molecule has 0 saturated carbocycles. The number of benzene rings is 1. The highest BCUT2D eigenvalue weighted by Gasteiger charge is 2.13. The van der Waals surface area contributed by atoms with E-state index >= 15 is 0 Å². The summed E-state index contributed by atoms with van der Waals surface area (Å²) in [4.78, 5) is 16.6. The Morgan fingerprint density at radius 3 is 2.90 bits per heavy atom. The van der Waals surface area contributed by atoms with Gasteiger partial charge in [0.15, 0.2) is 5.78 Å². The summed E-state index contributed by atoms with van der Waals surface area (Å²) in [6.07, 6.45) is 7.13. The molecule has 0 aliphatic rings. The quantitative estimate of drug-likeness (QED) is 0.782. The van der Waals surface area contributed by atoms with Crippen LogP contribution in [0.1, 0.15) is 43.0 Å². The fourth-order valence-corrected chi connectivity index (χ4v) is 2.61. The Kier molecular flexibility index (Phi) is 5.24. The zero-order valence-corrected chi connectivity index (χ0v) is 12.0. The van der Waals surface area contributed by atoms with E-state index in [2.05, 4.69) is 11.9 Å². The van der Waals surface area contributed by atoms with E-state index in [0.717, 1.165) is 35.6 Å². The average Bonchev–Trinajstić information content (AvgIpc) is 2.50. The molecule has 1 aromatic carbocycles. The third kappa shape index (κ3) is 3.42. The molecule has 0 bridgehead atoms. The molecule has 20 heavy (non-hydrogen) atoms. The lowest BCUT2D eigenvalue weighted by Gasteiger charge is -2.13. The Balaban J connectivity index is 2.11. The van der Waals surface area contributed by atoms with E-state index in [-0.39, 0.29) is 5.78 Å². The summed E-state index contributed by atoms with van der Waals surface area (Å²) in [7, 11) is 0.